The van der Waals surface area contributed by atoms with E-state index in [1.807, 2.05) is 27.6 Å². The zero-order valence-corrected chi connectivity index (χ0v) is 12.6. The number of carbonyl (C=O) groups excluding carboxylic acids is 1. The molecular formula is C15H15ClN4O. The van der Waals surface area contributed by atoms with Gasteiger partial charge in [0.1, 0.15) is 12.2 Å². The first-order valence-corrected chi connectivity index (χ1v) is 7.10. The van der Waals surface area contributed by atoms with E-state index in [4.69, 9.17) is 11.6 Å². The second kappa shape index (κ2) is 5.33. The second-order valence-electron chi connectivity index (χ2n) is 5.21. The van der Waals surface area contributed by atoms with Crippen molar-refractivity contribution >= 4 is 28.8 Å². The molecule has 21 heavy (non-hydrogen) atoms. The lowest BCUT2D eigenvalue weighted by Gasteiger charge is -2.10. The van der Waals surface area contributed by atoms with Crippen LogP contribution in [0.15, 0.2) is 30.7 Å². The Hall–Kier alpha value is -2.14. The van der Waals surface area contributed by atoms with Crippen LogP contribution in [0.5, 0.6) is 0 Å². The highest BCUT2D eigenvalue weighted by Crippen LogP contribution is 2.24. The van der Waals surface area contributed by atoms with E-state index in [9.17, 15) is 4.79 Å². The summed E-state index contributed by atoms with van der Waals surface area (Å²) < 4.78 is 3.85. The Morgan fingerprint density at radius 1 is 1.38 bits per heavy atom. The lowest BCUT2D eigenvalue weighted by Crippen LogP contribution is -2.11. The van der Waals surface area contributed by atoms with Gasteiger partial charge < -0.3 is 4.57 Å². The lowest BCUT2D eigenvalue weighted by atomic mass is 10.2. The van der Waals surface area contributed by atoms with Crippen molar-refractivity contribution in [2.45, 2.75) is 26.4 Å². The van der Waals surface area contributed by atoms with Crippen LogP contribution >= 0.6 is 11.6 Å². The van der Waals surface area contributed by atoms with Gasteiger partial charge in [0.05, 0.1) is 12.1 Å². The molecule has 0 N–H and O–H groups in total. The zero-order chi connectivity index (χ0) is 15.0. The minimum absolute atomic E-state index is 0.235. The average Bonchev–Trinajstić information content (AvgIpc) is 3.04. The number of halogens is 1. The highest BCUT2D eigenvalue weighted by atomic mass is 35.5. The normalized spacial score (nSPS) is 11.4. The van der Waals surface area contributed by atoms with E-state index in [0.717, 1.165) is 23.0 Å². The number of nitrogens with zero attached hydrogens (tertiary/aromatic N) is 4. The molecule has 0 saturated heterocycles. The fourth-order valence-corrected chi connectivity index (χ4v) is 2.66. The van der Waals surface area contributed by atoms with Gasteiger partial charge in [-0.1, -0.05) is 17.7 Å². The summed E-state index contributed by atoms with van der Waals surface area (Å²) in [4.78, 5) is 15.5. The van der Waals surface area contributed by atoms with Crippen molar-refractivity contribution in [2.24, 2.45) is 0 Å². The topological polar surface area (TPSA) is 52.7 Å². The van der Waals surface area contributed by atoms with E-state index < -0.39 is 0 Å². The van der Waals surface area contributed by atoms with Crippen LogP contribution < -0.4 is 0 Å². The van der Waals surface area contributed by atoms with Crippen molar-refractivity contribution in [3.8, 4) is 0 Å². The molecule has 0 amide bonds. The number of carbonyl (C=O) groups is 1. The van der Waals surface area contributed by atoms with E-state index >= 15 is 0 Å². The summed E-state index contributed by atoms with van der Waals surface area (Å²) in [7, 11) is 0. The monoisotopic (exact) mass is 302 g/mol. The van der Waals surface area contributed by atoms with Gasteiger partial charge in [-0.05, 0) is 26.0 Å². The molecule has 108 valence electrons. The molecule has 1 aromatic carbocycles. The smallest absolute Gasteiger partial charge is 0.152 e. The Kier molecular flexibility index (Phi) is 3.51. The third-order valence-corrected chi connectivity index (χ3v) is 3.69. The second-order valence-corrected chi connectivity index (χ2v) is 5.64. The summed E-state index contributed by atoms with van der Waals surface area (Å²) in [5.74, 6) is 0.847. The molecule has 0 unspecified atom stereocenters. The van der Waals surface area contributed by atoms with Crippen LogP contribution in [0.3, 0.4) is 0 Å². The first kappa shape index (κ1) is 13.8. The largest absolute Gasteiger partial charge is 0.339 e. The van der Waals surface area contributed by atoms with Gasteiger partial charge in [-0.2, -0.15) is 5.10 Å². The minimum Gasteiger partial charge on any atom is -0.339 e. The molecule has 2 aromatic heterocycles. The predicted octanol–water partition coefficient (Wildman–Crippen LogP) is 3.33. The molecule has 0 aliphatic carbocycles. The fraction of sp³-hybridized carbons (Fsp3) is 0.267. The van der Waals surface area contributed by atoms with E-state index in [1.54, 1.807) is 12.4 Å². The third-order valence-electron chi connectivity index (χ3n) is 3.45. The summed E-state index contributed by atoms with van der Waals surface area (Å²) in [6.45, 7) is 4.65. The molecule has 0 aliphatic rings. The van der Waals surface area contributed by atoms with Crippen molar-refractivity contribution in [1.29, 1.82) is 0 Å². The van der Waals surface area contributed by atoms with E-state index in [1.165, 1.54) is 0 Å². The third kappa shape index (κ3) is 2.45. The van der Waals surface area contributed by atoms with E-state index in [2.05, 4.69) is 23.9 Å². The van der Waals surface area contributed by atoms with Crippen molar-refractivity contribution in [3.05, 3.63) is 47.1 Å². The van der Waals surface area contributed by atoms with Gasteiger partial charge >= 0.3 is 0 Å². The van der Waals surface area contributed by atoms with Crippen LogP contribution in [0.4, 0.5) is 0 Å². The molecule has 0 atom stereocenters. The summed E-state index contributed by atoms with van der Waals surface area (Å²) >= 11 is 6.07. The number of hydrogen-bond acceptors (Lipinski definition) is 3. The van der Waals surface area contributed by atoms with Gasteiger partial charge in [-0.3, -0.25) is 4.79 Å². The average molecular weight is 303 g/mol. The molecule has 0 saturated carbocycles. The molecule has 2 heterocycles. The fourth-order valence-electron chi connectivity index (χ4n) is 2.49. The lowest BCUT2D eigenvalue weighted by molar-refractivity contribution is 0.112. The van der Waals surface area contributed by atoms with E-state index in [-0.39, 0.29) is 6.04 Å². The molecule has 0 radical (unpaired) electrons. The maximum atomic E-state index is 11.2. The van der Waals surface area contributed by atoms with Crippen LogP contribution in [0.25, 0.3) is 10.9 Å². The molecule has 5 nitrogen and oxygen atoms in total. The number of aromatic nitrogens is 4. The van der Waals surface area contributed by atoms with Crippen LogP contribution in [-0.2, 0) is 6.54 Å². The van der Waals surface area contributed by atoms with Gasteiger partial charge in [-0.25, -0.2) is 9.67 Å². The molecule has 3 aromatic rings. The van der Waals surface area contributed by atoms with Crippen LogP contribution in [-0.4, -0.2) is 25.6 Å². The summed E-state index contributed by atoms with van der Waals surface area (Å²) in [5.41, 5.74) is 1.57. The Labute approximate surface area is 127 Å². The first-order chi connectivity index (χ1) is 10.1. The molecular weight excluding hydrogens is 288 g/mol. The van der Waals surface area contributed by atoms with Crippen molar-refractivity contribution < 1.29 is 4.79 Å². The zero-order valence-electron chi connectivity index (χ0n) is 11.8. The molecule has 0 spiro atoms. The maximum Gasteiger partial charge on any atom is 0.152 e. The minimum atomic E-state index is 0.235. The molecule has 3 rings (SSSR count). The SMILES string of the molecule is CC(C)n1ncnc1Cn1cc(C=O)c2ccc(Cl)cc21. The van der Waals surface area contributed by atoms with Crippen LogP contribution in [0, 0.1) is 0 Å². The van der Waals surface area contributed by atoms with Gasteiger partial charge in [0.25, 0.3) is 0 Å². The van der Waals surface area contributed by atoms with Gasteiger partial charge in [-0.15, -0.1) is 0 Å². The Morgan fingerprint density at radius 2 is 2.19 bits per heavy atom. The summed E-state index contributed by atoms with van der Waals surface area (Å²) in [6, 6.07) is 5.75. The van der Waals surface area contributed by atoms with Crippen molar-refractivity contribution in [1.82, 2.24) is 19.3 Å². The number of aldehydes is 1. The molecule has 6 heteroatoms. The van der Waals surface area contributed by atoms with E-state index in [0.29, 0.717) is 17.1 Å². The van der Waals surface area contributed by atoms with Crippen molar-refractivity contribution in [3.63, 3.8) is 0 Å². The molecule has 0 bridgehead atoms. The number of rotatable bonds is 4. The quantitative estimate of drug-likeness (QED) is 0.695. The van der Waals surface area contributed by atoms with Gasteiger partial charge in [0, 0.05) is 28.2 Å². The first-order valence-electron chi connectivity index (χ1n) is 6.72. The Morgan fingerprint density at radius 3 is 2.90 bits per heavy atom. The van der Waals surface area contributed by atoms with Gasteiger partial charge in [0.15, 0.2) is 6.29 Å². The highest BCUT2D eigenvalue weighted by molar-refractivity contribution is 6.31. The molecule has 0 fully saturated rings. The van der Waals surface area contributed by atoms with Gasteiger partial charge in [0.2, 0.25) is 0 Å². The highest BCUT2D eigenvalue weighted by Gasteiger charge is 2.13. The van der Waals surface area contributed by atoms with Crippen LogP contribution in [0.2, 0.25) is 5.02 Å². The Bertz CT molecular complexity index is 803. The predicted molar refractivity (Wildman–Crippen MR) is 81.8 cm³/mol. The number of benzene rings is 1. The molecule has 0 aliphatic heterocycles. The standard InChI is InChI=1S/C15H15ClN4O/c1-10(2)20-15(17-9-18-20)7-19-6-11(8-21)13-4-3-12(16)5-14(13)19/h3-6,8-10H,7H2,1-2H3. The Balaban J connectivity index is 2.10. The van der Waals surface area contributed by atoms with Crippen LogP contribution in [0.1, 0.15) is 36.1 Å². The number of fused-ring (bicyclic) bond motifs is 1. The maximum absolute atomic E-state index is 11.2. The van der Waals surface area contributed by atoms with Crippen molar-refractivity contribution in [2.75, 3.05) is 0 Å². The summed E-state index contributed by atoms with van der Waals surface area (Å²) in [6.07, 6.45) is 4.24. The summed E-state index contributed by atoms with van der Waals surface area (Å²) in [5, 5.41) is 5.77. The number of hydrogen-bond donors (Lipinski definition) is 0.